The molecule has 0 aliphatic rings. The number of nitro groups is 2. The van der Waals surface area contributed by atoms with E-state index in [2.05, 4.69) is 0 Å². The summed E-state index contributed by atoms with van der Waals surface area (Å²) in [6.07, 6.45) is 0. The third-order valence-electron chi connectivity index (χ3n) is 2.69. The number of nitro benzene ring substituents is 2. The minimum Gasteiger partial charge on any atom is -0.478 e. The number of benzene rings is 2. The molecular weight excluding hydrogens is 296 g/mol. The lowest BCUT2D eigenvalue weighted by Crippen LogP contribution is -2.02. The molecular formula is C13H8N2O7. The molecule has 2 aromatic rings. The third-order valence-corrected chi connectivity index (χ3v) is 2.69. The molecule has 0 radical (unpaired) electrons. The summed E-state index contributed by atoms with van der Waals surface area (Å²) >= 11 is 0. The van der Waals surface area contributed by atoms with E-state index in [9.17, 15) is 25.0 Å². The number of nitrogens with zero attached hydrogens (tertiary/aromatic N) is 2. The van der Waals surface area contributed by atoms with Crippen molar-refractivity contribution in [2.45, 2.75) is 0 Å². The predicted octanol–water partition coefficient (Wildman–Crippen LogP) is 2.99. The zero-order chi connectivity index (χ0) is 16.3. The Morgan fingerprint density at radius 2 is 1.59 bits per heavy atom. The van der Waals surface area contributed by atoms with Crippen molar-refractivity contribution in [2.75, 3.05) is 0 Å². The van der Waals surface area contributed by atoms with Gasteiger partial charge in [-0.3, -0.25) is 20.2 Å². The largest absolute Gasteiger partial charge is 0.478 e. The summed E-state index contributed by atoms with van der Waals surface area (Å²) in [5.41, 5.74) is -1.80. The van der Waals surface area contributed by atoms with E-state index < -0.39 is 32.9 Å². The second kappa shape index (κ2) is 5.87. The van der Waals surface area contributed by atoms with Gasteiger partial charge in [-0.2, -0.15) is 0 Å². The molecule has 0 amide bonds. The Labute approximate surface area is 122 Å². The van der Waals surface area contributed by atoms with Gasteiger partial charge in [0.2, 0.25) is 5.75 Å². The number of aromatic carboxylic acids is 1. The zero-order valence-electron chi connectivity index (χ0n) is 10.8. The predicted molar refractivity (Wildman–Crippen MR) is 73.2 cm³/mol. The summed E-state index contributed by atoms with van der Waals surface area (Å²) in [6.45, 7) is 0. The normalized spacial score (nSPS) is 10.0. The Morgan fingerprint density at radius 3 is 2.18 bits per heavy atom. The van der Waals surface area contributed by atoms with Gasteiger partial charge in [0.15, 0.2) is 0 Å². The van der Waals surface area contributed by atoms with Crippen LogP contribution in [0.15, 0.2) is 42.5 Å². The van der Waals surface area contributed by atoms with Crippen molar-refractivity contribution in [3.05, 3.63) is 68.3 Å². The fourth-order valence-electron chi connectivity index (χ4n) is 1.77. The molecule has 0 aliphatic heterocycles. The zero-order valence-corrected chi connectivity index (χ0v) is 10.8. The molecule has 0 atom stereocenters. The maximum Gasteiger partial charge on any atom is 0.387 e. The van der Waals surface area contributed by atoms with Crippen molar-refractivity contribution in [3.63, 3.8) is 0 Å². The molecule has 0 heterocycles. The van der Waals surface area contributed by atoms with Crippen LogP contribution in [0, 0.1) is 20.2 Å². The lowest BCUT2D eigenvalue weighted by molar-refractivity contribution is -0.423. The summed E-state index contributed by atoms with van der Waals surface area (Å²) in [4.78, 5) is 31.1. The highest BCUT2D eigenvalue weighted by Crippen LogP contribution is 2.39. The monoisotopic (exact) mass is 304 g/mol. The van der Waals surface area contributed by atoms with Crippen LogP contribution >= 0.6 is 0 Å². The Balaban J connectivity index is 2.56. The van der Waals surface area contributed by atoms with Gasteiger partial charge < -0.3 is 9.84 Å². The van der Waals surface area contributed by atoms with E-state index in [0.717, 1.165) is 12.1 Å². The molecule has 0 fully saturated rings. The molecule has 0 bridgehead atoms. The summed E-state index contributed by atoms with van der Waals surface area (Å²) in [5, 5.41) is 31.0. The molecule has 2 rings (SSSR count). The van der Waals surface area contributed by atoms with Gasteiger partial charge in [-0.05, 0) is 18.2 Å². The van der Waals surface area contributed by atoms with Crippen LogP contribution in [0.25, 0.3) is 0 Å². The number of hydrogen-bond acceptors (Lipinski definition) is 6. The number of carboxylic acid groups (broad SMARTS) is 1. The van der Waals surface area contributed by atoms with Crippen LogP contribution < -0.4 is 4.74 Å². The lowest BCUT2D eigenvalue weighted by Gasteiger charge is -2.08. The van der Waals surface area contributed by atoms with E-state index in [1.54, 1.807) is 0 Å². The molecule has 1 N–H and O–H groups in total. The van der Waals surface area contributed by atoms with Gasteiger partial charge in [-0.1, -0.05) is 18.2 Å². The van der Waals surface area contributed by atoms with E-state index >= 15 is 0 Å². The number of hydrogen-bond donors (Lipinski definition) is 1. The van der Waals surface area contributed by atoms with Gasteiger partial charge >= 0.3 is 17.3 Å². The maximum atomic E-state index is 11.1. The molecule has 22 heavy (non-hydrogen) atoms. The molecule has 0 spiro atoms. The van der Waals surface area contributed by atoms with Gasteiger partial charge in [-0.15, -0.1) is 0 Å². The standard InChI is InChI=1S/C13H8N2O7/c16-13(17)8-4-1-2-6-10(8)22-11-7-3-5-9(14(18)19)12(11)15(20)21/h1-7H,(H,16,17). The SMILES string of the molecule is O=C(O)c1ccccc1Oc1cccc([N+](=O)[O-])c1[N+](=O)[O-]. The van der Waals surface area contributed by atoms with Crippen LogP contribution in [0.1, 0.15) is 10.4 Å². The molecule has 0 aliphatic carbocycles. The minimum absolute atomic E-state index is 0.154. The van der Waals surface area contributed by atoms with Crippen LogP contribution in [-0.2, 0) is 0 Å². The van der Waals surface area contributed by atoms with Crippen LogP contribution in [0.3, 0.4) is 0 Å². The van der Waals surface area contributed by atoms with Crippen molar-refractivity contribution < 1.29 is 24.5 Å². The molecule has 0 saturated heterocycles. The van der Waals surface area contributed by atoms with Crippen LogP contribution in [0.2, 0.25) is 0 Å². The van der Waals surface area contributed by atoms with E-state index in [1.807, 2.05) is 0 Å². The van der Waals surface area contributed by atoms with Crippen molar-refractivity contribution >= 4 is 17.3 Å². The smallest absolute Gasteiger partial charge is 0.387 e. The first-order valence-electron chi connectivity index (χ1n) is 5.83. The van der Waals surface area contributed by atoms with E-state index in [0.29, 0.717) is 0 Å². The first-order chi connectivity index (χ1) is 10.4. The average molecular weight is 304 g/mol. The average Bonchev–Trinajstić information content (AvgIpc) is 2.47. The number of rotatable bonds is 5. The van der Waals surface area contributed by atoms with Crippen molar-refractivity contribution in [3.8, 4) is 11.5 Å². The molecule has 2 aromatic carbocycles. The van der Waals surface area contributed by atoms with Gasteiger partial charge in [0.05, 0.1) is 9.85 Å². The minimum atomic E-state index is -1.29. The van der Waals surface area contributed by atoms with E-state index in [-0.39, 0.29) is 11.3 Å². The van der Waals surface area contributed by atoms with Gasteiger partial charge in [0, 0.05) is 6.07 Å². The second-order valence-electron chi connectivity index (χ2n) is 4.04. The molecule has 0 saturated carbocycles. The number of carboxylic acids is 1. The van der Waals surface area contributed by atoms with Crippen molar-refractivity contribution in [1.82, 2.24) is 0 Å². The highest BCUT2D eigenvalue weighted by Gasteiger charge is 2.30. The van der Waals surface area contributed by atoms with E-state index in [1.165, 1.54) is 30.3 Å². The summed E-state index contributed by atoms with van der Waals surface area (Å²) in [7, 11) is 0. The molecule has 112 valence electrons. The quantitative estimate of drug-likeness (QED) is 0.662. The Morgan fingerprint density at radius 1 is 0.955 bits per heavy atom. The van der Waals surface area contributed by atoms with E-state index in [4.69, 9.17) is 9.84 Å². The molecule has 0 aromatic heterocycles. The fraction of sp³-hybridized carbons (Fsp3) is 0. The van der Waals surface area contributed by atoms with Crippen molar-refractivity contribution in [1.29, 1.82) is 0 Å². The second-order valence-corrected chi connectivity index (χ2v) is 4.04. The first-order valence-corrected chi connectivity index (χ1v) is 5.83. The summed E-state index contributed by atoms with van der Waals surface area (Å²) < 4.78 is 5.23. The Hall–Kier alpha value is -3.49. The molecule has 0 unspecified atom stereocenters. The first kappa shape index (κ1) is 14.9. The summed E-state index contributed by atoms with van der Waals surface area (Å²) in [6, 6.07) is 8.82. The maximum absolute atomic E-state index is 11.1. The highest BCUT2D eigenvalue weighted by molar-refractivity contribution is 5.91. The van der Waals surface area contributed by atoms with Crippen LogP contribution in [-0.4, -0.2) is 20.9 Å². The third kappa shape index (κ3) is 2.82. The number of ether oxygens (including phenoxy) is 1. The lowest BCUT2D eigenvalue weighted by atomic mass is 10.2. The van der Waals surface area contributed by atoms with Gasteiger partial charge in [0.25, 0.3) is 0 Å². The number of carbonyl (C=O) groups is 1. The highest BCUT2D eigenvalue weighted by atomic mass is 16.6. The Kier molecular flexibility index (Phi) is 3.98. The fourth-order valence-corrected chi connectivity index (χ4v) is 1.77. The molecule has 9 nitrogen and oxygen atoms in total. The van der Waals surface area contributed by atoms with Crippen LogP contribution in [0.4, 0.5) is 11.4 Å². The molecule has 9 heteroatoms. The van der Waals surface area contributed by atoms with Crippen LogP contribution in [0.5, 0.6) is 11.5 Å². The topological polar surface area (TPSA) is 133 Å². The van der Waals surface area contributed by atoms with Crippen molar-refractivity contribution in [2.24, 2.45) is 0 Å². The van der Waals surface area contributed by atoms with Gasteiger partial charge in [0.1, 0.15) is 11.3 Å². The summed E-state index contributed by atoms with van der Waals surface area (Å²) in [5.74, 6) is -1.85. The number of para-hydroxylation sites is 2. The Bertz CT molecular complexity index is 773. The van der Waals surface area contributed by atoms with Gasteiger partial charge in [-0.25, -0.2) is 4.79 Å².